The maximum atomic E-state index is 5.73. The molecule has 3 N–H and O–H groups in total. The molecular weight excluding hydrogens is 469 g/mol. The molecule has 2 aromatic carbocycles. The molecule has 0 saturated carbocycles. The minimum Gasteiger partial charge on any atom is -0.490 e. The second-order valence-corrected chi connectivity index (χ2v) is 6.29. The first-order chi connectivity index (χ1) is 13.3. The lowest BCUT2D eigenvalue weighted by Crippen LogP contribution is -2.32. The first-order valence-corrected chi connectivity index (χ1v) is 9.13. The molecule has 1 aromatic heterocycles. The van der Waals surface area contributed by atoms with Crippen molar-refractivity contribution in [1.82, 2.24) is 15.3 Å². The number of para-hydroxylation sites is 2. The zero-order valence-corrected chi connectivity index (χ0v) is 18.0. The Balaban J connectivity index is 0.00000225. The number of nitrogens with one attached hydrogen (secondary N) is 3. The lowest BCUT2D eigenvalue weighted by Gasteiger charge is -2.13. The minimum absolute atomic E-state index is 0. The molecule has 1 aliphatic heterocycles. The molecule has 0 amide bonds. The highest BCUT2D eigenvalue weighted by Gasteiger charge is 2.11. The minimum atomic E-state index is 0. The van der Waals surface area contributed by atoms with E-state index in [2.05, 4.69) is 25.6 Å². The van der Waals surface area contributed by atoms with Crippen LogP contribution in [0.3, 0.4) is 0 Å². The van der Waals surface area contributed by atoms with Gasteiger partial charge in [-0.25, -0.2) is 4.98 Å². The number of nitrogens with zero attached hydrogens (tertiary/aromatic N) is 2. The summed E-state index contributed by atoms with van der Waals surface area (Å²) in [7, 11) is 1.75. The van der Waals surface area contributed by atoms with Gasteiger partial charge in [0.05, 0.1) is 24.2 Å². The van der Waals surface area contributed by atoms with Crippen molar-refractivity contribution in [3.05, 3.63) is 48.3 Å². The van der Waals surface area contributed by atoms with E-state index in [1.807, 2.05) is 42.5 Å². The van der Waals surface area contributed by atoms with Gasteiger partial charge in [-0.2, -0.15) is 0 Å². The monoisotopic (exact) mass is 493 g/mol. The molecule has 148 valence electrons. The first kappa shape index (κ1) is 20.2. The molecule has 2 heterocycles. The predicted molar refractivity (Wildman–Crippen MR) is 122 cm³/mol. The Morgan fingerprint density at radius 3 is 2.79 bits per heavy atom. The summed E-state index contributed by atoms with van der Waals surface area (Å²) in [6, 6.07) is 13.9. The van der Waals surface area contributed by atoms with E-state index >= 15 is 0 Å². The Morgan fingerprint density at radius 1 is 1.14 bits per heavy atom. The lowest BCUT2D eigenvalue weighted by molar-refractivity contribution is 0.297. The van der Waals surface area contributed by atoms with Crippen LogP contribution in [0.15, 0.2) is 47.5 Å². The number of rotatable bonds is 4. The molecule has 0 spiro atoms. The van der Waals surface area contributed by atoms with E-state index < -0.39 is 0 Å². The third kappa shape index (κ3) is 4.86. The van der Waals surface area contributed by atoms with Crippen LogP contribution in [-0.4, -0.2) is 42.7 Å². The summed E-state index contributed by atoms with van der Waals surface area (Å²) in [4.78, 5) is 12.2. The topological polar surface area (TPSA) is 83.6 Å². The van der Waals surface area contributed by atoms with E-state index in [1.165, 1.54) is 0 Å². The fourth-order valence-corrected chi connectivity index (χ4v) is 2.98. The highest BCUT2D eigenvalue weighted by molar-refractivity contribution is 14.0. The van der Waals surface area contributed by atoms with Crippen LogP contribution >= 0.6 is 24.0 Å². The van der Waals surface area contributed by atoms with Crippen molar-refractivity contribution in [2.24, 2.45) is 4.99 Å². The molecule has 0 atom stereocenters. The highest BCUT2D eigenvalue weighted by Crippen LogP contribution is 2.32. The lowest BCUT2D eigenvalue weighted by atomic mass is 10.2. The van der Waals surface area contributed by atoms with Crippen molar-refractivity contribution in [1.29, 1.82) is 0 Å². The largest absolute Gasteiger partial charge is 0.490 e. The van der Waals surface area contributed by atoms with Gasteiger partial charge in [0.25, 0.3) is 0 Å². The summed E-state index contributed by atoms with van der Waals surface area (Å²) in [5.41, 5.74) is 2.94. The zero-order valence-electron chi connectivity index (χ0n) is 15.7. The van der Waals surface area contributed by atoms with Crippen LogP contribution in [0, 0.1) is 0 Å². The second kappa shape index (κ2) is 9.63. The summed E-state index contributed by atoms with van der Waals surface area (Å²) >= 11 is 0. The maximum absolute atomic E-state index is 5.73. The number of ether oxygens (including phenoxy) is 2. The third-order valence-electron chi connectivity index (χ3n) is 4.33. The van der Waals surface area contributed by atoms with Crippen LogP contribution in [0.5, 0.6) is 11.5 Å². The molecule has 0 aliphatic carbocycles. The summed E-state index contributed by atoms with van der Waals surface area (Å²) in [5, 5.41) is 6.59. The second-order valence-electron chi connectivity index (χ2n) is 6.29. The SMILES string of the molecule is CN=C(NCCc1nc2ccccc2[nH]1)Nc1ccc2c(c1)OCCCO2.I. The Morgan fingerprint density at radius 2 is 1.96 bits per heavy atom. The van der Waals surface area contributed by atoms with Crippen molar-refractivity contribution in [3.63, 3.8) is 0 Å². The number of hydrogen-bond acceptors (Lipinski definition) is 4. The first-order valence-electron chi connectivity index (χ1n) is 9.13. The van der Waals surface area contributed by atoms with Gasteiger partial charge in [-0.3, -0.25) is 4.99 Å². The quantitative estimate of drug-likeness (QED) is 0.294. The molecule has 0 fully saturated rings. The van der Waals surface area contributed by atoms with Crippen molar-refractivity contribution in [2.45, 2.75) is 12.8 Å². The van der Waals surface area contributed by atoms with E-state index in [0.29, 0.717) is 25.7 Å². The van der Waals surface area contributed by atoms with Gasteiger partial charge in [0.2, 0.25) is 0 Å². The van der Waals surface area contributed by atoms with E-state index in [-0.39, 0.29) is 24.0 Å². The van der Waals surface area contributed by atoms with E-state index in [4.69, 9.17) is 9.47 Å². The number of H-pyrrole nitrogens is 1. The van der Waals surface area contributed by atoms with Crippen LogP contribution in [0.25, 0.3) is 11.0 Å². The Kier molecular flexibility index (Phi) is 6.96. The number of aliphatic imine (C=N–C) groups is 1. The van der Waals surface area contributed by atoms with Gasteiger partial charge in [0, 0.05) is 38.2 Å². The molecule has 0 bridgehead atoms. The van der Waals surface area contributed by atoms with Crippen LogP contribution in [0.2, 0.25) is 0 Å². The molecule has 0 saturated heterocycles. The van der Waals surface area contributed by atoms with Crippen LogP contribution in [0.1, 0.15) is 12.2 Å². The summed E-state index contributed by atoms with van der Waals surface area (Å²) in [6.45, 7) is 2.07. The van der Waals surface area contributed by atoms with Crippen LogP contribution in [-0.2, 0) is 6.42 Å². The van der Waals surface area contributed by atoms with Gasteiger partial charge < -0.3 is 25.1 Å². The summed E-state index contributed by atoms with van der Waals surface area (Å²) < 4.78 is 11.4. The molecule has 3 aromatic rings. The van der Waals surface area contributed by atoms with Gasteiger partial charge in [0.1, 0.15) is 5.82 Å². The molecule has 8 heteroatoms. The smallest absolute Gasteiger partial charge is 0.195 e. The number of imidazole rings is 1. The number of benzene rings is 2. The number of fused-ring (bicyclic) bond motifs is 2. The predicted octanol–water partition coefficient (Wildman–Crippen LogP) is 3.57. The van der Waals surface area contributed by atoms with Gasteiger partial charge >= 0.3 is 0 Å². The van der Waals surface area contributed by atoms with Gasteiger partial charge in [-0.1, -0.05) is 12.1 Å². The molecule has 1 aliphatic rings. The highest BCUT2D eigenvalue weighted by atomic mass is 127. The van der Waals surface area contributed by atoms with E-state index in [0.717, 1.165) is 46.9 Å². The zero-order chi connectivity index (χ0) is 18.5. The fraction of sp³-hybridized carbons (Fsp3) is 0.300. The van der Waals surface area contributed by atoms with Gasteiger partial charge in [-0.15, -0.1) is 24.0 Å². The molecule has 4 rings (SSSR count). The van der Waals surface area contributed by atoms with E-state index in [1.54, 1.807) is 7.05 Å². The van der Waals surface area contributed by atoms with Crippen molar-refractivity contribution < 1.29 is 9.47 Å². The number of hydrogen-bond donors (Lipinski definition) is 3. The molecule has 0 unspecified atom stereocenters. The number of aromatic nitrogens is 2. The molecular formula is C20H24IN5O2. The number of anilines is 1. The number of halogens is 1. The average Bonchev–Trinajstić information content (AvgIpc) is 2.96. The summed E-state index contributed by atoms with van der Waals surface area (Å²) in [6.07, 6.45) is 1.67. The number of aromatic amines is 1. The van der Waals surface area contributed by atoms with Crippen molar-refractivity contribution in [3.8, 4) is 11.5 Å². The Bertz CT molecular complexity index is 924. The third-order valence-corrected chi connectivity index (χ3v) is 4.33. The molecule has 28 heavy (non-hydrogen) atoms. The van der Waals surface area contributed by atoms with Gasteiger partial charge in [0.15, 0.2) is 17.5 Å². The Labute approximate surface area is 181 Å². The normalized spacial score (nSPS) is 13.5. The average molecular weight is 493 g/mol. The summed E-state index contributed by atoms with van der Waals surface area (Å²) in [5.74, 6) is 3.19. The standard InChI is InChI=1S/C20H23N5O2.HI/c1-21-20(22-10-9-19-24-15-5-2-3-6-16(15)25-19)23-14-7-8-17-18(13-14)27-12-4-11-26-17;/h2-3,5-8,13H,4,9-12H2,1H3,(H,24,25)(H2,21,22,23);1H. The number of guanidine groups is 1. The van der Waals surface area contributed by atoms with Crippen LogP contribution < -0.4 is 20.1 Å². The molecule has 7 nitrogen and oxygen atoms in total. The van der Waals surface area contributed by atoms with E-state index in [9.17, 15) is 0 Å². The molecule has 0 radical (unpaired) electrons. The van der Waals surface area contributed by atoms with Crippen LogP contribution in [0.4, 0.5) is 5.69 Å². The fourth-order valence-electron chi connectivity index (χ4n) is 2.98. The Hall–Kier alpha value is -2.49. The van der Waals surface area contributed by atoms with Gasteiger partial charge in [-0.05, 0) is 24.3 Å². The van der Waals surface area contributed by atoms with Crippen molar-refractivity contribution >= 4 is 46.7 Å². The maximum Gasteiger partial charge on any atom is 0.195 e. The van der Waals surface area contributed by atoms with Crippen molar-refractivity contribution in [2.75, 3.05) is 32.1 Å².